The highest BCUT2D eigenvalue weighted by atomic mass is 19.3. The number of hydrogen-bond acceptors (Lipinski definition) is 0. The molecular formula is C2H4F2. The van der Waals surface area contributed by atoms with E-state index in [0.29, 0.717) is 6.92 Å². The van der Waals surface area contributed by atoms with Crippen molar-refractivity contribution in [3.05, 3.63) is 0 Å². The maximum absolute atomic E-state index is 10.7. The molecule has 0 aliphatic heterocycles. The molecule has 0 rings (SSSR count). The van der Waals surface area contributed by atoms with E-state index in [0.717, 1.165) is 0 Å². The van der Waals surface area contributed by atoms with Gasteiger partial charge >= 0.3 is 0 Å². The van der Waals surface area contributed by atoms with E-state index in [4.69, 9.17) is 1.37 Å². The molecule has 0 aromatic carbocycles. The molecule has 4 heavy (non-hydrogen) atoms. The minimum absolute atomic E-state index is 0.521. The van der Waals surface area contributed by atoms with Crippen LogP contribution in [-0.2, 0) is 0 Å². The smallest absolute Gasteiger partial charge is 0.211 e. The topological polar surface area (TPSA) is 0 Å². The predicted molar refractivity (Wildman–Crippen MR) is 11.7 cm³/mol. The summed E-state index contributed by atoms with van der Waals surface area (Å²) < 4.78 is 27.0. The molecule has 0 amide bonds. The minimum Gasteiger partial charge on any atom is -0.211 e. The van der Waals surface area contributed by atoms with Gasteiger partial charge in [-0.05, 0) is 6.92 Å². The first-order valence-corrected chi connectivity index (χ1v) is 0.878. The van der Waals surface area contributed by atoms with Crippen LogP contribution < -0.4 is 0 Å². The molecule has 0 N–H and O–H groups in total. The van der Waals surface area contributed by atoms with Crippen LogP contribution in [0.4, 0.5) is 8.78 Å². The van der Waals surface area contributed by atoms with Crippen LogP contribution in [0, 0.1) is 0 Å². The van der Waals surface area contributed by atoms with E-state index < -0.39 is 6.40 Å². The second kappa shape index (κ2) is 1.21. The van der Waals surface area contributed by atoms with Gasteiger partial charge in [-0.1, -0.05) is 0 Å². The number of halogens is 2. The van der Waals surface area contributed by atoms with E-state index >= 15 is 0 Å². The first-order valence-electron chi connectivity index (χ1n) is 1.38. The van der Waals surface area contributed by atoms with Crippen molar-refractivity contribution in [2.75, 3.05) is 0 Å². The monoisotopic (exact) mass is 67.0 g/mol. The lowest BCUT2D eigenvalue weighted by molar-refractivity contribution is 0.171. The van der Waals surface area contributed by atoms with Crippen molar-refractivity contribution >= 4 is 0 Å². The molecule has 0 aromatic heterocycles. The molecule has 0 aromatic rings. The Morgan fingerprint density at radius 3 is 2.00 bits per heavy atom. The Morgan fingerprint density at radius 1 is 2.00 bits per heavy atom. The van der Waals surface area contributed by atoms with Crippen molar-refractivity contribution in [2.24, 2.45) is 0 Å². The zero-order chi connectivity index (χ0) is 4.50. The van der Waals surface area contributed by atoms with Gasteiger partial charge < -0.3 is 0 Å². The van der Waals surface area contributed by atoms with Crippen LogP contribution >= 0.6 is 0 Å². The third-order valence-corrected chi connectivity index (χ3v) is 0. The van der Waals surface area contributed by atoms with Gasteiger partial charge in [0.05, 0.1) is 0 Å². The van der Waals surface area contributed by atoms with Crippen LogP contribution in [0.2, 0.25) is 0 Å². The van der Waals surface area contributed by atoms with Crippen molar-refractivity contribution in [1.82, 2.24) is 0 Å². The van der Waals surface area contributed by atoms with Gasteiger partial charge in [-0.2, -0.15) is 0 Å². The summed E-state index contributed by atoms with van der Waals surface area (Å²) in [5.41, 5.74) is 0. The molecule has 0 unspecified atom stereocenters. The van der Waals surface area contributed by atoms with Gasteiger partial charge in [0.1, 0.15) is 1.37 Å². The van der Waals surface area contributed by atoms with Crippen LogP contribution in [0.1, 0.15) is 8.29 Å². The van der Waals surface area contributed by atoms with Gasteiger partial charge in [0.25, 0.3) is 0 Å². The summed E-state index contributed by atoms with van der Waals surface area (Å²) in [6.45, 7) is 0.521. The van der Waals surface area contributed by atoms with Crippen molar-refractivity contribution in [3.63, 3.8) is 0 Å². The van der Waals surface area contributed by atoms with E-state index in [1.807, 2.05) is 0 Å². The number of alkyl halides is 2. The van der Waals surface area contributed by atoms with E-state index in [1.54, 1.807) is 0 Å². The summed E-state index contributed by atoms with van der Waals surface area (Å²) in [4.78, 5) is 0. The lowest BCUT2D eigenvalue weighted by atomic mass is 10.9. The average molecular weight is 67.1 g/mol. The highest BCUT2D eigenvalue weighted by Gasteiger charge is 1.79. The van der Waals surface area contributed by atoms with Crippen LogP contribution in [-0.4, -0.2) is 6.40 Å². The molecule has 26 valence electrons. The van der Waals surface area contributed by atoms with Gasteiger partial charge in [0, 0.05) is 0 Å². The second-order valence-electron chi connectivity index (χ2n) is 0.449. The van der Waals surface area contributed by atoms with Crippen molar-refractivity contribution in [3.8, 4) is 0 Å². The minimum atomic E-state index is -3.25. The summed E-state index contributed by atoms with van der Waals surface area (Å²) in [7, 11) is 0. The Kier molecular flexibility index (Phi) is 0.641. The third-order valence-electron chi connectivity index (χ3n) is 0. The fourth-order valence-corrected chi connectivity index (χ4v) is 0. The summed E-state index contributed by atoms with van der Waals surface area (Å²) in [5.74, 6) is 0. The van der Waals surface area contributed by atoms with Crippen LogP contribution in [0.15, 0.2) is 0 Å². The summed E-state index contributed by atoms with van der Waals surface area (Å²) in [5, 5.41) is 0. The molecule has 0 fully saturated rings. The molecule has 0 saturated carbocycles. The second-order valence-corrected chi connectivity index (χ2v) is 0.449. The molecule has 0 aliphatic rings. The molecule has 0 heterocycles. The van der Waals surface area contributed by atoms with E-state index in [-0.39, 0.29) is 0 Å². The lowest BCUT2D eigenvalue weighted by Gasteiger charge is -1.70. The van der Waals surface area contributed by atoms with Crippen LogP contribution in [0.5, 0.6) is 0 Å². The third kappa shape index (κ3) is 70.2. The Bertz CT molecular complexity index is 23.1. The standard InChI is InChI=1S/C2H4F2/c1-2(3)4/h2H,1H3/i2D. The first kappa shape index (κ1) is 2.12. The zero-order valence-corrected chi connectivity index (χ0v) is 2.26. The highest BCUT2D eigenvalue weighted by Crippen LogP contribution is 1.82. The summed E-state index contributed by atoms with van der Waals surface area (Å²) in [6, 6.07) is 0. The molecule has 0 nitrogen and oxygen atoms in total. The van der Waals surface area contributed by atoms with Crippen molar-refractivity contribution in [1.29, 1.82) is 0 Å². The van der Waals surface area contributed by atoms with Crippen LogP contribution in [0.3, 0.4) is 0 Å². The Labute approximate surface area is 24.8 Å². The zero-order valence-electron chi connectivity index (χ0n) is 3.26. The fourth-order valence-electron chi connectivity index (χ4n) is 0. The van der Waals surface area contributed by atoms with Gasteiger partial charge in [0.2, 0.25) is 6.40 Å². The van der Waals surface area contributed by atoms with Crippen molar-refractivity contribution < 1.29 is 10.2 Å². The van der Waals surface area contributed by atoms with E-state index in [1.165, 1.54) is 0 Å². The SMILES string of the molecule is [2H]C(C)(F)F. The largest absolute Gasteiger partial charge is 0.235 e. The first-order chi connectivity index (χ1) is 2.00. The summed E-state index contributed by atoms with van der Waals surface area (Å²) >= 11 is 0. The molecule has 2 heteroatoms. The van der Waals surface area contributed by atoms with Gasteiger partial charge in [0.15, 0.2) is 0 Å². The van der Waals surface area contributed by atoms with Gasteiger partial charge in [-0.3, -0.25) is 0 Å². The van der Waals surface area contributed by atoms with Gasteiger partial charge in [-0.15, -0.1) is 0 Å². The summed E-state index contributed by atoms with van der Waals surface area (Å²) in [6.07, 6.45) is -3.25. The Hall–Kier alpha value is -0.140. The average Bonchev–Trinajstić information content (AvgIpc) is 0.722. The predicted octanol–water partition coefficient (Wildman–Crippen LogP) is 1.27. The maximum Gasteiger partial charge on any atom is 0.235 e. The highest BCUT2D eigenvalue weighted by molar-refractivity contribution is 4.06. The number of hydrogen-bond donors (Lipinski definition) is 0. The molecule has 0 aliphatic carbocycles. The Balaban J connectivity index is 3.02. The molecule has 0 saturated heterocycles. The molecule has 0 radical (unpaired) electrons. The number of rotatable bonds is 0. The molecule has 0 spiro atoms. The normalized spacial score (nSPS) is 15.2. The van der Waals surface area contributed by atoms with E-state index in [9.17, 15) is 8.78 Å². The molecular weight excluding hydrogens is 62.0 g/mol. The van der Waals surface area contributed by atoms with Crippen LogP contribution in [0.25, 0.3) is 0 Å². The quantitative estimate of drug-likeness (QED) is 0.400. The fraction of sp³-hybridized carbons (Fsp3) is 1.00. The lowest BCUT2D eigenvalue weighted by Crippen LogP contribution is -1.69. The molecule has 0 atom stereocenters. The van der Waals surface area contributed by atoms with Gasteiger partial charge in [-0.25, -0.2) is 8.78 Å². The Morgan fingerprint density at radius 2 is 2.00 bits per heavy atom. The molecule has 0 bridgehead atoms. The maximum atomic E-state index is 10.7. The van der Waals surface area contributed by atoms with E-state index in [2.05, 4.69) is 0 Å². The van der Waals surface area contributed by atoms with Crippen molar-refractivity contribution in [2.45, 2.75) is 13.3 Å².